The Morgan fingerprint density at radius 3 is 2.03 bits per heavy atom. The van der Waals surface area contributed by atoms with Gasteiger partial charge in [-0.1, -0.05) is 121 Å². The highest BCUT2D eigenvalue weighted by Gasteiger charge is 2.19. The van der Waals surface area contributed by atoms with E-state index in [2.05, 4.69) is 168 Å². The van der Waals surface area contributed by atoms with Crippen molar-refractivity contribution in [3.63, 3.8) is 0 Å². The molecular weight excluding hydrogens is 741 g/mol. The maximum atomic E-state index is 6.53. The number of hydrogen-bond donors (Lipinski definition) is 0. The summed E-state index contributed by atoms with van der Waals surface area (Å²) in [5.74, 6) is 1.94. The minimum Gasteiger partial charge on any atom is -0.456 e. The molecule has 0 aliphatic heterocycles. The molecule has 9 aromatic carbocycles. The van der Waals surface area contributed by atoms with E-state index in [0.717, 1.165) is 55.1 Å². The van der Waals surface area contributed by atoms with E-state index >= 15 is 0 Å². The highest BCUT2D eigenvalue weighted by Crippen LogP contribution is 2.42. The molecule has 59 heavy (non-hydrogen) atoms. The predicted octanol–water partition coefficient (Wildman–Crippen LogP) is 14.5. The summed E-state index contributed by atoms with van der Waals surface area (Å²) < 4.78 is 11.3. The number of nitrogens with zero attached hydrogens (tertiary/aromatic N) is 4. The molecule has 4 heterocycles. The highest BCUT2D eigenvalue weighted by molar-refractivity contribution is 7.26. The van der Waals surface area contributed by atoms with Gasteiger partial charge in [-0.25, -0.2) is 15.0 Å². The average molecular weight is 771 g/mol. The van der Waals surface area contributed by atoms with Crippen molar-refractivity contribution in [2.45, 2.75) is 0 Å². The standard InChI is InChI=1S/C53H30N4OS/c1-2-11-31(12-3-1)51-54-52(56-53(55-51)41-18-10-17-40-39-16-7-9-20-48(39)59-50(40)41)35-21-24-37-34(27-35)22-25-47-49(37)43-30-36(23-26-46(43)58-47)57-44-19-8-6-15-38(44)42-28-32-13-4-5-14-33(32)29-45(42)57/h1-30H. The van der Waals surface area contributed by atoms with Gasteiger partial charge in [0.25, 0.3) is 0 Å². The summed E-state index contributed by atoms with van der Waals surface area (Å²) in [6.45, 7) is 0. The molecule has 0 amide bonds. The fourth-order valence-electron chi connectivity index (χ4n) is 9.07. The first kappa shape index (κ1) is 32.4. The van der Waals surface area contributed by atoms with Crippen LogP contribution >= 0.6 is 11.3 Å². The van der Waals surface area contributed by atoms with Crippen LogP contribution in [0.4, 0.5) is 0 Å². The molecule has 0 spiro atoms. The van der Waals surface area contributed by atoms with Crippen LogP contribution in [-0.4, -0.2) is 19.5 Å². The minimum absolute atomic E-state index is 0.632. The van der Waals surface area contributed by atoms with Crippen LogP contribution in [0.3, 0.4) is 0 Å². The van der Waals surface area contributed by atoms with Crippen molar-refractivity contribution < 1.29 is 4.42 Å². The number of para-hydroxylation sites is 1. The Labute approximate surface area is 341 Å². The zero-order valence-electron chi connectivity index (χ0n) is 31.4. The molecule has 274 valence electrons. The van der Waals surface area contributed by atoms with Gasteiger partial charge in [-0.15, -0.1) is 11.3 Å². The fraction of sp³-hybridized carbons (Fsp3) is 0. The molecule has 0 radical (unpaired) electrons. The maximum Gasteiger partial charge on any atom is 0.165 e. The molecule has 5 nitrogen and oxygen atoms in total. The Kier molecular flexibility index (Phi) is 6.82. The quantitative estimate of drug-likeness (QED) is 0.179. The van der Waals surface area contributed by atoms with Gasteiger partial charge in [0, 0.05) is 64.1 Å². The van der Waals surface area contributed by atoms with E-state index in [4.69, 9.17) is 19.4 Å². The molecule has 0 bridgehead atoms. The van der Waals surface area contributed by atoms with Crippen LogP contribution in [0, 0.1) is 0 Å². The SMILES string of the molecule is c1ccc(-c2nc(-c3ccc4c(ccc5oc6ccc(-n7c8ccccc8c8cc9ccccc9cc87)cc6c54)c3)nc(-c3cccc4c3sc3ccccc34)n2)cc1. The number of furan rings is 1. The highest BCUT2D eigenvalue weighted by atomic mass is 32.1. The number of hydrogen-bond acceptors (Lipinski definition) is 5. The number of fused-ring (bicyclic) bond motifs is 12. The summed E-state index contributed by atoms with van der Waals surface area (Å²) >= 11 is 1.78. The third-order valence-corrected chi connectivity index (χ3v) is 13.0. The molecule has 13 rings (SSSR count). The van der Waals surface area contributed by atoms with Gasteiger partial charge in [0.2, 0.25) is 0 Å². The van der Waals surface area contributed by atoms with Gasteiger partial charge in [-0.2, -0.15) is 0 Å². The first-order valence-electron chi connectivity index (χ1n) is 19.8. The average Bonchev–Trinajstić information content (AvgIpc) is 3.97. The Morgan fingerprint density at radius 1 is 0.407 bits per heavy atom. The molecular formula is C53H30N4OS. The molecule has 0 saturated heterocycles. The second-order valence-corrected chi connectivity index (χ2v) is 16.2. The van der Waals surface area contributed by atoms with E-state index in [1.165, 1.54) is 52.8 Å². The van der Waals surface area contributed by atoms with E-state index in [-0.39, 0.29) is 0 Å². The van der Waals surface area contributed by atoms with Gasteiger partial charge in [-0.3, -0.25) is 0 Å². The molecule has 0 unspecified atom stereocenters. The third kappa shape index (κ3) is 4.94. The van der Waals surface area contributed by atoms with Crippen LogP contribution in [0.2, 0.25) is 0 Å². The zero-order valence-corrected chi connectivity index (χ0v) is 32.2. The van der Waals surface area contributed by atoms with Crippen LogP contribution < -0.4 is 0 Å². The molecule has 0 aliphatic rings. The van der Waals surface area contributed by atoms with E-state index in [9.17, 15) is 0 Å². The van der Waals surface area contributed by atoms with Crippen LogP contribution in [0.15, 0.2) is 186 Å². The Hall–Kier alpha value is -7.67. The monoisotopic (exact) mass is 770 g/mol. The molecule has 4 aromatic heterocycles. The second-order valence-electron chi connectivity index (χ2n) is 15.2. The number of thiophene rings is 1. The van der Waals surface area contributed by atoms with Crippen LogP contribution in [-0.2, 0) is 0 Å². The van der Waals surface area contributed by atoms with E-state index < -0.39 is 0 Å². The first-order chi connectivity index (χ1) is 29.2. The number of rotatable bonds is 4. The van der Waals surface area contributed by atoms with Crippen molar-refractivity contribution in [1.82, 2.24) is 19.5 Å². The second kappa shape index (κ2) is 12.4. The smallest absolute Gasteiger partial charge is 0.165 e. The molecule has 0 N–H and O–H groups in total. The van der Waals surface area contributed by atoms with E-state index in [0.29, 0.717) is 17.5 Å². The number of benzene rings is 9. The van der Waals surface area contributed by atoms with Crippen molar-refractivity contribution in [2.24, 2.45) is 0 Å². The lowest BCUT2D eigenvalue weighted by Crippen LogP contribution is -2.00. The van der Waals surface area contributed by atoms with Crippen molar-refractivity contribution in [1.29, 1.82) is 0 Å². The van der Waals surface area contributed by atoms with E-state index in [1.54, 1.807) is 11.3 Å². The lowest BCUT2D eigenvalue weighted by Gasteiger charge is -2.10. The van der Waals surface area contributed by atoms with Crippen LogP contribution in [0.25, 0.3) is 125 Å². The molecule has 0 aliphatic carbocycles. The van der Waals surface area contributed by atoms with Crippen molar-refractivity contribution in [3.8, 4) is 39.9 Å². The van der Waals surface area contributed by atoms with Crippen molar-refractivity contribution in [2.75, 3.05) is 0 Å². The normalized spacial score (nSPS) is 12.1. The lowest BCUT2D eigenvalue weighted by atomic mass is 10.0. The van der Waals surface area contributed by atoms with Gasteiger partial charge < -0.3 is 8.98 Å². The third-order valence-electron chi connectivity index (χ3n) is 11.8. The summed E-state index contributed by atoms with van der Waals surface area (Å²) in [7, 11) is 0. The first-order valence-corrected chi connectivity index (χ1v) is 20.6. The molecule has 0 atom stereocenters. The lowest BCUT2D eigenvalue weighted by molar-refractivity contribution is 0.669. The summed E-state index contributed by atoms with van der Waals surface area (Å²) in [6.07, 6.45) is 0. The predicted molar refractivity (Wildman–Crippen MR) is 246 cm³/mol. The van der Waals surface area contributed by atoms with Crippen molar-refractivity contribution in [3.05, 3.63) is 182 Å². The van der Waals surface area contributed by atoms with Gasteiger partial charge >= 0.3 is 0 Å². The molecule has 13 aromatic rings. The summed E-state index contributed by atoms with van der Waals surface area (Å²) in [6, 6.07) is 64.4. The van der Waals surface area contributed by atoms with Gasteiger partial charge in [0.1, 0.15) is 11.2 Å². The molecule has 0 fully saturated rings. The Balaban J connectivity index is 0.992. The Morgan fingerprint density at radius 2 is 1.14 bits per heavy atom. The van der Waals surface area contributed by atoms with Crippen molar-refractivity contribution >= 4 is 96.8 Å². The number of aromatic nitrogens is 4. The summed E-state index contributed by atoms with van der Waals surface area (Å²) in [4.78, 5) is 15.4. The molecule has 0 saturated carbocycles. The minimum atomic E-state index is 0.632. The van der Waals surface area contributed by atoms with Crippen LogP contribution in [0.5, 0.6) is 0 Å². The van der Waals surface area contributed by atoms with E-state index in [1.807, 2.05) is 18.2 Å². The summed E-state index contributed by atoms with van der Waals surface area (Å²) in [5, 5.41) is 11.8. The Bertz CT molecular complexity index is 3860. The fourth-order valence-corrected chi connectivity index (χ4v) is 10.3. The largest absolute Gasteiger partial charge is 0.456 e. The molecule has 6 heteroatoms. The topological polar surface area (TPSA) is 56.7 Å². The van der Waals surface area contributed by atoms with Gasteiger partial charge in [0.05, 0.1) is 11.0 Å². The van der Waals surface area contributed by atoms with Gasteiger partial charge in [0.15, 0.2) is 17.5 Å². The maximum absolute atomic E-state index is 6.53. The van der Waals surface area contributed by atoms with Crippen LogP contribution in [0.1, 0.15) is 0 Å². The van der Waals surface area contributed by atoms with Gasteiger partial charge in [-0.05, 0) is 82.2 Å². The summed E-state index contributed by atoms with van der Waals surface area (Å²) in [5.41, 5.74) is 8.04. The zero-order chi connectivity index (χ0) is 38.6.